The molecule has 0 aliphatic heterocycles. The second-order valence-electron chi connectivity index (χ2n) is 6.88. The van der Waals surface area contributed by atoms with Crippen molar-refractivity contribution in [2.75, 3.05) is 18.4 Å². The maximum absolute atomic E-state index is 12.9. The van der Waals surface area contributed by atoms with Gasteiger partial charge in [0.1, 0.15) is 5.69 Å². The Morgan fingerprint density at radius 3 is 2.27 bits per heavy atom. The molecule has 0 aliphatic carbocycles. The molecule has 2 amide bonds. The zero-order chi connectivity index (χ0) is 22.5. The molecule has 0 spiro atoms. The van der Waals surface area contributed by atoms with Crippen molar-refractivity contribution >= 4 is 17.5 Å². The van der Waals surface area contributed by atoms with Gasteiger partial charge in [-0.3, -0.25) is 14.4 Å². The lowest BCUT2D eigenvalue weighted by molar-refractivity contribution is -0.137. The van der Waals surface area contributed by atoms with E-state index in [1.165, 1.54) is 25.4 Å². The van der Waals surface area contributed by atoms with Crippen molar-refractivity contribution in [1.29, 1.82) is 0 Å². The number of aryl methyl sites for hydroxylation is 1. The van der Waals surface area contributed by atoms with Crippen LogP contribution >= 0.6 is 0 Å². The quantitative estimate of drug-likeness (QED) is 0.734. The first-order valence-corrected chi connectivity index (χ1v) is 9.57. The largest absolute Gasteiger partial charge is 0.416 e. The molecule has 2 rings (SSSR count). The molecule has 1 aromatic heterocycles. The minimum atomic E-state index is -4.60. The lowest BCUT2D eigenvalue weighted by atomic mass is 10.1. The summed E-state index contributed by atoms with van der Waals surface area (Å²) in [5.41, 5.74) is -1.77. The number of alkyl halides is 3. The fourth-order valence-corrected chi connectivity index (χ4v) is 2.99. The van der Waals surface area contributed by atoms with Crippen LogP contribution in [0, 0.1) is 0 Å². The molecule has 0 unspecified atom stereocenters. The number of rotatable bonds is 7. The Bertz CT molecular complexity index is 977. The number of pyridine rings is 1. The van der Waals surface area contributed by atoms with Crippen molar-refractivity contribution < 1.29 is 22.8 Å². The van der Waals surface area contributed by atoms with Gasteiger partial charge in [0.15, 0.2) is 0 Å². The standard InChI is InChI=1S/C21H24F3N3O3/c1-4-9-27(10-5-2)19(29)15-12-17(20(30)26(3)13-15)25-18(28)14-7-6-8-16(11-14)21(22,23)24/h6-8,11-13H,4-5,9-10H2,1-3H3,(H,25,28). The van der Waals surface area contributed by atoms with Gasteiger partial charge in [0.25, 0.3) is 17.4 Å². The molecular formula is C21H24F3N3O3. The summed E-state index contributed by atoms with van der Waals surface area (Å²) in [5.74, 6) is -1.16. The third-order valence-electron chi connectivity index (χ3n) is 4.40. The average molecular weight is 423 g/mol. The summed E-state index contributed by atoms with van der Waals surface area (Å²) in [5, 5.41) is 2.33. The number of nitrogens with zero attached hydrogens (tertiary/aromatic N) is 2. The van der Waals surface area contributed by atoms with E-state index < -0.39 is 23.2 Å². The monoisotopic (exact) mass is 423 g/mol. The number of carbonyl (C=O) groups is 2. The molecule has 6 nitrogen and oxygen atoms in total. The van der Waals surface area contributed by atoms with E-state index in [-0.39, 0.29) is 22.7 Å². The van der Waals surface area contributed by atoms with Gasteiger partial charge in [-0.1, -0.05) is 19.9 Å². The molecule has 1 aromatic carbocycles. The molecule has 162 valence electrons. The van der Waals surface area contributed by atoms with Crippen LogP contribution < -0.4 is 10.9 Å². The van der Waals surface area contributed by atoms with E-state index in [1.807, 2.05) is 13.8 Å². The maximum atomic E-state index is 12.9. The molecule has 0 saturated heterocycles. The van der Waals surface area contributed by atoms with E-state index >= 15 is 0 Å². The summed E-state index contributed by atoms with van der Waals surface area (Å²) in [7, 11) is 1.43. The number of benzene rings is 1. The molecule has 1 N–H and O–H groups in total. The van der Waals surface area contributed by atoms with Crippen LogP contribution in [0.3, 0.4) is 0 Å². The minimum Gasteiger partial charge on any atom is -0.339 e. The van der Waals surface area contributed by atoms with Crippen LogP contribution in [-0.4, -0.2) is 34.4 Å². The van der Waals surface area contributed by atoms with Crippen LogP contribution in [0.4, 0.5) is 18.9 Å². The van der Waals surface area contributed by atoms with Gasteiger partial charge in [-0.25, -0.2) is 0 Å². The highest BCUT2D eigenvalue weighted by molar-refractivity contribution is 6.05. The van der Waals surface area contributed by atoms with Crippen LogP contribution in [0.25, 0.3) is 0 Å². The lowest BCUT2D eigenvalue weighted by Gasteiger charge is -2.22. The molecule has 2 aromatic rings. The van der Waals surface area contributed by atoms with Gasteiger partial charge in [-0.15, -0.1) is 0 Å². The zero-order valence-electron chi connectivity index (χ0n) is 17.0. The number of aromatic nitrogens is 1. The van der Waals surface area contributed by atoms with Gasteiger partial charge in [0, 0.05) is 31.9 Å². The summed E-state index contributed by atoms with van der Waals surface area (Å²) in [6.45, 7) is 4.97. The Hall–Kier alpha value is -3.10. The van der Waals surface area contributed by atoms with E-state index in [9.17, 15) is 27.6 Å². The summed E-state index contributed by atoms with van der Waals surface area (Å²) in [4.78, 5) is 39.3. The Balaban J connectivity index is 2.35. The van der Waals surface area contributed by atoms with Crippen LogP contribution in [0.5, 0.6) is 0 Å². The highest BCUT2D eigenvalue weighted by Crippen LogP contribution is 2.29. The smallest absolute Gasteiger partial charge is 0.339 e. The summed E-state index contributed by atoms with van der Waals surface area (Å²) in [6.07, 6.45) is -1.70. The van der Waals surface area contributed by atoms with Crippen LogP contribution in [0.1, 0.15) is 53.0 Å². The van der Waals surface area contributed by atoms with Gasteiger partial charge < -0.3 is 14.8 Å². The first-order valence-electron chi connectivity index (χ1n) is 9.57. The highest BCUT2D eigenvalue weighted by atomic mass is 19.4. The number of nitrogens with one attached hydrogen (secondary N) is 1. The molecular weight excluding hydrogens is 399 g/mol. The van der Waals surface area contributed by atoms with E-state index in [2.05, 4.69) is 5.32 Å². The summed E-state index contributed by atoms with van der Waals surface area (Å²) >= 11 is 0. The first kappa shape index (κ1) is 23.2. The van der Waals surface area contributed by atoms with Gasteiger partial charge in [-0.2, -0.15) is 13.2 Å². The number of hydrogen-bond donors (Lipinski definition) is 1. The number of hydrogen-bond acceptors (Lipinski definition) is 3. The topological polar surface area (TPSA) is 71.4 Å². The Morgan fingerprint density at radius 2 is 1.70 bits per heavy atom. The summed E-state index contributed by atoms with van der Waals surface area (Å²) in [6, 6.07) is 5.15. The van der Waals surface area contributed by atoms with Gasteiger partial charge in [0.05, 0.1) is 11.1 Å². The van der Waals surface area contributed by atoms with Crippen molar-refractivity contribution in [1.82, 2.24) is 9.47 Å². The van der Waals surface area contributed by atoms with Crippen molar-refractivity contribution in [3.8, 4) is 0 Å². The van der Waals surface area contributed by atoms with Crippen LogP contribution in [0.2, 0.25) is 0 Å². The molecule has 0 radical (unpaired) electrons. The number of amides is 2. The average Bonchev–Trinajstić information content (AvgIpc) is 2.70. The number of halogens is 3. The number of carbonyl (C=O) groups excluding carboxylic acids is 2. The molecule has 9 heteroatoms. The molecule has 0 bridgehead atoms. The normalized spacial score (nSPS) is 11.3. The molecule has 30 heavy (non-hydrogen) atoms. The van der Waals surface area contributed by atoms with Gasteiger partial charge in [0.2, 0.25) is 0 Å². The molecule has 0 fully saturated rings. The fourth-order valence-electron chi connectivity index (χ4n) is 2.99. The van der Waals surface area contributed by atoms with Crippen molar-refractivity contribution in [2.24, 2.45) is 7.05 Å². The lowest BCUT2D eigenvalue weighted by Crippen LogP contribution is -2.34. The SMILES string of the molecule is CCCN(CCC)C(=O)c1cc(NC(=O)c2cccc(C(F)(F)F)c2)c(=O)n(C)c1. The minimum absolute atomic E-state index is 0.182. The Kier molecular flexibility index (Phi) is 7.42. The molecule has 0 atom stereocenters. The first-order chi connectivity index (χ1) is 14.1. The third-order valence-corrected chi connectivity index (χ3v) is 4.40. The fraction of sp³-hybridized carbons (Fsp3) is 0.381. The predicted octanol–water partition coefficient (Wildman–Crippen LogP) is 3.92. The highest BCUT2D eigenvalue weighted by Gasteiger charge is 2.31. The van der Waals surface area contributed by atoms with E-state index in [4.69, 9.17) is 0 Å². The van der Waals surface area contributed by atoms with E-state index in [1.54, 1.807) is 4.90 Å². The van der Waals surface area contributed by atoms with Crippen molar-refractivity contribution in [3.05, 3.63) is 63.6 Å². The zero-order valence-corrected chi connectivity index (χ0v) is 17.0. The number of anilines is 1. The maximum Gasteiger partial charge on any atom is 0.416 e. The second-order valence-corrected chi connectivity index (χ2v) is 6.88. The Labute approximate surface area is 172 Å². The van der Waals surface area contributed by atoms with E-state index in [0.29, 0.717) is 19.2 Å². The molecule has 0 saturated carbocycles. The van der Waals surface area contributed by atoms with Crippen molar-refractivity contribution in [2.45, 2.75) is 32.9 Å². The van der Waals surface area contributed by atoms with Crippen LogP contribution in [0.15, 0.2) is 41.3 Å². The predicted molar refractivity (Wildman–Crippen MR) is 108 cm³/mol. The molecule has 0 aliphatic rings. The Morgan fingerprint density at radius 1 is 1.07 bits per heavy atom. The van der Waals surface area contributed by atoms with Crippen molar-refractivity contribution in [3.63, 3.8) is 0 Å². The van der Waals surface area contributed by atoms with Gasteiger partial charge >= 0.3 is 6.18 Å². The second kappa shape index (κ2) is 9.60. The van der Waals surface area contributed by atoms with Crippen LogP contribution in [-0.2, 0) is 13.2 Å². The third kappa shape index (κ3) is 5.49. The molecule has 1 heterocycles. The van der Waals surface area contributed by atoms with Gasteiger partial charge in [-0.05, 0) is 37.1 Å². The summed E-state index contributed by atoms with van der Waals surface area (Å²) < 4.78 is 39.8. The van der Waals surface area contributed by atoms with E-state index in [0.717, 1.165) is 29.5 Å².